The number of rotatable bonds is 5. The number of benzene rings is 1. The van der Waals surface area contributed by atoms with Crippen molar-refractivity contribution >= 4 is 28.9 Å². The summed E-state index contributed by atoms with van der Waals surface area (Å²) in [6.45, 7) is 3.45. The van der Waals surface area contributed by atoms with Crippen LogP contribution in [0.5, 0.6) is 0 Å². The summed E-state index contributed by atoms with van der Waals surface area (Å²) < 4.78 is 0. The lowest BCUT2D eigenvalue weighted by molar-refractivity contribution is 0.135. The quantitative estimate of drug-likeness (QED) is 0.875. The van der Waals surface area contributed by atoms with Crippen molar-refractivity contribution in [3.63, 3.8) is 0 Å². The number of anilines is 1. The maximum Gasteiger partial charge on any atom is 0.0839 e. The fourth-order valence-electron chi connectivity index (χ4n) is 2.17. The first-order valence-electron chi connectivity index (χ1n) is 6.24. The van der Waals surface area contributed by atoms with Gasteiger partial charge in [-0.3, -0.25) is 0 Å². The molecule has 1 unspecified atom stereocenters. The first-order valence-corrected chi connectivity index (χ1v) is 7.00. The summed E-state index contributed by atoms with van der Waals surface area (Å²) in [4.78, 5) is 2.29. The van der Waals surface area contributed by atoms with Crippen LogP contribution in [-0.2, 0) is 0 Å². The number of aliphatic hydroxyl groups is 1. The standard InChI is InChI=1S/C13H18Cl2N2O/c14-12-4-3-10(7-13(12)15)16-8-11(18)9-17-5-1-2-6-17/h3-4,7,11,16,18H,1-2,5-6,8-9H2. The fourth-order valence-corrected chi connectivity index (χ4v) is 2.47. The zero-order valence-electron chi connectivity index (χ0n) is 10.2. The summed E-state index contributed by atoms with van der Waals surface area (Å²) in [5.41, 5.74) is 0.880. The summed E-state index contributed by atoms with van der Waals surface area (Å²) in [7, 11) is 0. The lowest BCUT2D eigenvalue weighted by Gasteiger charge is -2.20. The van der Waals surface area contributed by atoms with Gasteiger partial charge in [0.2, 0.25) is 0 Å². The maximum atomic E-state index is 9.93. The van der Waals surface area contributed by atoms with Gasteiger partial charge in [-0.25, -0.2) is 0 Å². The molecule has 1 saturated heterocycles. The molecule has 1 heterocycles. The van der Waals surface area contributed by atoms with Gasteiger partial charge in [0, 0.05) is 18.8 Å². The molecule has 0 aliphatic carbocycles. The zero-order chi connectivity index (χ0) is 13.0. The first-order chi connectivity index (χ1) is 8.65. The van der Waals surface area contributed by atoms with Crippen LogP contribution in [0, 0.1) is 0 Å². The Morgan fingerprint density at radius 2 is 1.94 bits per heavy atom. The van der Waals surface area contributed by atoms with E-state index in [1.165, 1.54) is 12.8 Å². The summed E-state index contributed by atoms with van der Waals surface area (Å²) >= 11 is 11.8. The average molecular weight is 289 g/mol. The summed E-state index contributed by atoms with van der Waals surface area (Å²) in [6, 6.07) is 5.38. The maximum absolute atomic E-state index is 9.93. The molecule has 0 spiro atoms. The number of hydrogen-bond acceptors (Lipinski definition) is 3. The molecule has 1 fully saturated rings. The molecule has 0 bridgehead atoms. The summed E-state index contributed by atoms with van der Waals surface area (Å²) in [5.74, 6) is 0. The first kappa shape index (κ1) is 13.9. The Balaban J connectivity index is 1.77. The van der Waals surface area contributed by atoms with E-state index in [0.717, 1.165) is 25.3 Å². The molecule has 100 valence electrons. The van der Waals surface area contributed by atoms with Crippen molar-refractivity contribution in [1.29, 1.82) is 0 Å². The lowest BCUT2D eigenvalue weighted by atomic mass is 10.3. The predicted octanol–water partition coefficient (Wildman–Crippen LogP) is 2.86. The number of aliphatic hydroxyl groups excluding tert-OH is 1. The molecule has 1 aliphatic rings. The van der Waals surface area contributed by atoms with Crippen LogP contribution in [0.2, 0.25) is 10.0 Å². The Bertz CT molecular complexity index is 395. The van der Waals surface area contributed by atoms with Crippen LogP contribution in [0.1, 0.15) is 12.8 Å². The van der Waals surface area contributed by atoms with E-state index in [4.69, 9.17) is 23.2 Å². The highest BCUT2D eigenvalue weighted by molar-refractivity contribution is 6.42. The SMILES string of the molecule is OC(CNc1ccc(Cl)c(Cl)c1)CN1CCCC1. The Morgan fingerprint density at radius 1 is 1.22 bits per heavy atom. The van der Waals surface area contributed by atoms with E-state index in [0.29, 0.717) is 16.6 Å². The van der Waals surface area contributed by atoms with Gasteiger partial charge in [0.1, 0.15) is 0 Å². The second kappa shape index (κ2) is 6.62. The Kier molecular flexibility index (Phi) is 5.13. The molecule has 0 saturated carbocycles. The topological polar surface area (TPSA) is 35.5 Å². The van der Waals surface area contributed by atoms with Crippen LogP contribution in [-0.4, -0.2) is 42.3 Å². The van der Waals surface area contributed by atoms with Crippen LogP contribution in [0.15, 0.2) is 18.2 Å². The van der Waals surface area contributed by atoms with E-state index in [2.05, 4.69) is 10.2 Å². The number of nitrogens with one attached hydrogen (secondary N) is 1. The van der Waals surface area contributed by atoms with Gasteiger partial charge in [0.05, 0.1) is 16.1 Å². The highest BCUT2D eigenvalue weighted by Gasteiger charge is 2.15. The molecule has 18 heavy (non-hydrogen) atoms. The van der Waals surface area contributed by atoms with E-state index < -0.39 is 0 Å². The number of likely N-dealkylation sites (tertiary alicyclic amines) is 1. The van der Waals surface area contributed by atoms with Crippen molar-refractivity contribution in [2.75, 3.05) is 31.5 Å². The van der Waals surface area contributed by atoms with Crippen molar-refractivity contribution in [3.8, 4) is 0 Å². The molecule has 1 aliphatic heterocycles. The largest absolute Gasteiger partial charge is 0.390 e. The minimum Gasteiger partial charge on any atom is -0.390 e. The molecule has 1 aromatic rings. The van der Waals surface area contributed by atoms with Crippen molar-refractivity contribution in [1.82, 2.24) is 4.90 Å². The molecule has 1 aromatic carbocycles. The van der Waals surface area contributed by atoms with Gasteiger partial charge >= 0.3 is 0 Å². The molecular weight excluding hydrogens is 271 g/mol. The van der Waals surface area contributed by atoms with Gasteiger partial charge in [0.15, 0.2) is 0 Å². The van der Waals surface area contributed by atoms with Crippen molar-refractivity contribution in [3.05, 3.63) is 28.2 Å². The van der Waals surface area contributed by atoms with Crippen LogP contribution < -0.4 is 5.32 Å². The van der Waals surface area contributed by atoms with E-state index in [9.17, 15) is 5.11 Å². The van der Waals surface area contributed by atoms with Crippen molar-refractivity contribution in [2.24, 2.45) is 0 Å². The second-order valence-electron chi connectivity index (χ2n) is 4.67. The van der Waals surface area contributed by atoms with Gasteiger partial charge in [-0.05, 0) is 44.1 Å². The molecule has 3 nitrogen and oxygen atoms in total. The predicted molar refractivity (Wildman–Crippen MR) is 76.6 cm³/mol. The molecule has 0 amide bonds. The van der Waals surface area contributed by atoms with Gasteiger partial charge in [0.25, 0.3) is 0 Å². The Morgan fingerprint density at radius 3 is 2.61 bits per heavy atom. The minimum absolute atomic E-state index is 0.363. The molecule has 0 radical (unpaired) electrons. The monoisotopic (exact) mass is 288 g/mol. The van der Waals surface area contributed by atoms with Crippen LogP contribution in [0.4, 0.5) is 5.69 Å². The van der Waals surface area contributed by atoms with E-state index in [1.807, 2.05) is 6.07 Å². The smallest absolute Gasteiger partial charge is 0.0839 e. The van der Waals surface area contributed by atoms with Gasteiger partial charge in [-0.15, -0.1) is 0 Å². The third kappa shape index (κ3) is 4.02. The highest BCUT2D eigenvalue weighted by atomic mass is 35.5. The number of halogens is 2. The van der Waals surface area contributed by atoms with Gasteiger partial charge < -0.3 is 15.3 Å². The second-order valence-corrected chi connectivity index (χ2v) is 5.49. The Labute approximate surface area is 118 Å². The number of nitrogens with zero attached hydrogens (tertiary/aromatic N) is 1. The van der Waals surface area contributed by atoms with Crippen molar-refractivity contribution < 1.29 is 5.11 Å². The Hall–Kier alpha value is -0.480. The molecule has 5 heteroatoms. The molecule has 2 N–H and O–H groups in total. The third-order valence-corrected chi connectivity index (χ3v) is 3.87. The molecular formula is C13H18Cl2N2O. The van der Waals surface area contributed by atoms with Gasteiger partial charge in [-0.1, -0.05) is 23.2 Å². The van der Waals surface area contributed by atoms with Crippen LogP contribution in [0.25, 0.3) is 0 Å². The van der Waals surface area contributed by atoms with E-state index >= 15 is 0 Å². The van der Waals surface area contributed by atoms with Gasteiger partial charge in [-0.2, -0.15) is 0 Å². The normalized spacial score (nSPS) is 17.9. The minimum atomic E-state index is -0.363. The number of hydrogen-bond donors (Lipinski definition) is 2. The molecule has 1 atom stereocenters. The van der Waals surface area contributed by atoms with E-state index in [-0.39, 0.29) is 6.10 Å². The number of β-amino-alcohol motifs (C(OH)–C–C–N with tert-alkyl or cyclic N) is 1. The third-order valence-electron chi connectivity index (χ3n) is 3.13. The van der Waals surface area contributed by atoms with Crippen LogP contribution in [0.3, 0.4) is 0 Å². The van der Waals surface area contributed by atoms with E-state index in [1.54, 1.807) is 12.1 Å². The van der Waals surface area contributed by atoms with Crippen molar-refractivity contribution in [2.45, 2.75) is 18.9 Å². The summed E-state index contributed by atoms with van der Waals surface area (Å²) in [6.07, 6.45) is 2.12. The zero-order valence-corrected chi connectivity index (χ0v) is 11.7. The molecule has 2 rings (SSSR count). The average Bonchev–Trinajstić information content (AvgIpc) is 2.83. The summed E-state index contributed by atoms with van der Waals surface area (Å²) in [5, 5.41) is 14.2. The highest BCUT2D eigenvalue weighted by Crippen LogP contribution is 2.24. The lowest BCUT2D eigenvalue weighted by Crippen LogP contribution is -2.34. The fraction of sp³-hybridized carbons (Fsp3) is 0.538. The van der Waals surface area contributed by atoms with Crippen LogP contribution >= 0.6 is 23.2 Å². The molecule has 0 aromatic heterocycles.